The monoisotopic (exact) mass is 307 g/mol. The number of ether oxygens (including phenoxy) is 1. The Morgan fingerprint density at radius 1 is 1.43 bits per heavy atom. The van der Waals surface area contributed by atoms with Gasteiger partial charge in [0, 0.05) is 5.69 Å². The van der Waals surface area contributed by atoms with Crippen LogP contribution in [0, 0.1) is 0 Å². The molecule has 2 aromatic rings. The average molecular weight is 308 g/mol. The number of aromatic amines is 1. The van der Waals surface area contributed by atoms with Gasteiger partial charge in [0.2, 0.25) is 0 Å². The minimum absolute atomic E-state index is 0.212. The van der Waals surface area contributed by atoms with Crippen molar-refractivity contribution in [3.63, 3.8) is 0 Å². The van der Waals surface area contributed by atoms with Gasteiger partial charge in [-0.2, -0.15) is 5.10 Å². The van der Waals surface area contributed by atoms with Crippen molar-refractivity contribution in [3.8, 4) is 5.75 Å². The van der Waals surface area contributed by atoms with Crippen LogP contribution < -0.4 is 10.1 Å². The number of hydrogen-bond acceptors (Lipinski definition) is 3. The molecule has 1 amide bonds. The number of carbonyl (C=O) groups excluding carboxylic acids is 1. The molecule has 0 radical (unpaired) electrons. The first-order valence-electron chi connectivity index (χ1n) is 6.90. The smallest absolute Gasteiger partial charge is 0.271 e. The summed E-state index contributed by atoms with van der Waals surface area (Å²) in [6.07, 6.45) is 1.89. The number of benzene rings is 1. The van der Waals surface area contributed by atoms with E-state index in [1.807, 2.05) is 12.1 Å². The van der Waals surface area contributed by atoms with Gasteiger partial charge >= 0.3 is 0 Å². The van der Waals surface area contributed by atoms with Gasteiger partial charge in [0.25, 0.3) is 5.91 Å². The molecule has 0 spiro atoms. The van der Waals surface area contributed by atoms with Gasteiger partial charge in [0.1, 0.15) is 18.1 Å². The predicted molar refractivity (Wildman–Crippen MR) is 81.9 cm³/mol. The summed E-state index contributed by atoms with van der Waals surface area (Å²) in [7, 11) is 0. The summed E-state index contributed by atoms with van der Waals surface area (Å²) >= 11 is 5.97. The van der Waals surface area contributed by atoms with Crippen LogP contribution in [-0.4, -0.2) is 29.3 Å². The van der Waals surface area contributed by atoms with Crippen molar-refractivity contribution in [2.45, 2.75) is 19.8 Å². The Kier molecular flexibility index (Phi) is 5.63. The van der Waals surface area contributed by atoms with Gasteiger partial charge in [-0.15, -0.1) is 0 Å². The fourth-order valence-corrected chi connectivity index (χ4v) is 2.04. The number of nitrogens with one attached hydrogen (secondary N) is 2. The largest absolute Gasteiger partial charge is 0.490 e. The maximum Gasteiger partial charge on any atom is 0.271 e. The van der Waals surface area contributed by atoms with Crippen LogP contribution in [0.4, 0.5) is 0 Å². The molecule has 1 aromatic carbocycles. The van der Waals surface area contributed by atoms with Crippen LogP contribution in [0.1, 0.15) is 29.5 Å². The molecule has 2 N–H and O–H groups in total. The summed E-state index contributed by atoms with van der Waals surface area (Å²) in [5.41, 5.74) is 1.37. The number of hydrogen-bond donors (Lipinski definition) is 2. The zero-order chi connectivity index (χ0) is 15.1. The number of amides is 1. The van der Waals surface area contributed by atoms with Crippen molar-refractivity contribution in [2.24, 2.45) is 0 Å². The second-order valence-corrected chi connectivity index (χ2v) is 4.97. The van der Waals surface area contributed by atoms with Crippen LogP contribution in [0.15, 0.2) is 30.3 Å². The Labute approximate surface area is 128 Å². The SMILES string of the molecule is CCCc1cc(C(=O)NCCOc2ccccc2Cl)n[nH]1. The number of rotatable bonds is 7. The Morgan fingerprint density at radius 3 is 3.00 bits per heavy atom. The van der Waals surface area contributed by atoms with Gasteiger partial charge in [-0.25, -0.2) is 0 Å². The maximum absolute atomic E-state index is 11.9. The molecule has 0 saturated carbocycles. The van der Waals surface area contributed by atoms with Gasteiger partial charge in [-0.1, -0.05) is 37.1 Å². The van der Waals surface area contributed by atoms with Crippen LogP contribution in [0.2, 0.25) is 5.02 Å². The van der Waals surface area contributed by atoms with E-state index < -0.39 is 0 Å². The topological polar surface area (TPSA) is 67.0 Å². The minimum Gasteiger partial charge on any atom is -0.490 e. The van der Waals surface area contributed by atoms with Crippen molar-refractivity contribution in [3.05, 3.63) is 46.7 Å². The van der Waals surface area contributed by atoms with Crippen LogP contribution in [0.5, 0.6) is 5.75 Å². The summed E-state index contributed by atoms with van der Waals surface area (Å²) < 4.78 is 5.49. The first kappa shape index (κ1) is 15.4. The normalized spacial score (nSPS) is 10.4. The van der Waals surface area contributed by atoms with Gasteiger partial charge in [-0.05, 0) is 24.6 Å². The summed E-state index contributed by atoms with van der Waals surface area (Å²) in [4.78, 5) is 11.9. The third-order valence-corrected chi connectivity index (χ3v) is 3.18. The average Bonchev–Trinajstić information content (AvgIpc) is 2.94. The third kappa shape index (κ3) is 4.49. The first-order valence-corrected chi connectivity index (χ1v) is 7.28. The van der Waals surface area contributed by atoms with Crippen LogP contribution in [-0.2, 0) is 6.42 Å². The highest BCUT2D eigenvalue weighted by molar-refractivity contribution is 6.32. The second-order valence-electron chi connectivity index (χ2n) is 4.56. The highest BCUT2D eigenvalue weighted by Crippen LogP contribution is 2.22. The molecule has 0 saturated heterocycles. The van der Waals surface area contributed by atoms with Crippen molar-refractivity contribution >= 4 is 17.5 Å². The van der Waals surface area contributed by atoms with E-state index in [-0.39, 0.29) is 5.91 Å². The van der Waals surface area contributed by atoms with Crippen molar-refractivity contribution in [2.75, 3.05) is 13.2 Å². The summed E-state index contributed by atoms with van der Waals surface area (Å²) in [5, 5.41) is 10.1. The number of halogens is 1. The standard InChI is InChI=1S/C15H18ClN3O2/c1-2-5-11-10-13(19-18-11)15(20)17-8-9-21-14-7-4-3-6-12(14)16/h3-4,6-7,10H,2,5,8-9H2,1H3,(H,17,20)(H,18,19). The molecule has 0 aliphatic heterocycles. The third-order valence-electron chi connectivity index (χ3n) is 2.86. The molecular weight excluding hydrogens is 290 g/mol. The predicted octanol–water partition coefficient (Wildman–Crippen LogP) is 2.82. The Morgan fingerprint density at radius 2 is 2.24 bits per heavy atom. The first-order chi connectivity index (χ1) is 10.2. The van der Waals surface area contributed by atoms with Gasteiger partial charge in [0.05, 0.1) is 11.6 Å². The lowest BCUT2D eigenvalue weighted by molar-refractivity contribution is 0.0942. The van der Waals surface area contributed by atoms with Gasteiger partial charge in [0.15, 0.2) is 0 Å². The zero-order valence-electron chi connectivity index (χ0n) is 11.9. The van der Waals surface area contributed by atoms with Crippen molar-refractivity contribution in [1.29, 1.82) is 0 Å². The quantitative estimate of drug-likeness (QED) is 0.773. The second kappa shape index (κ2) is 7.69. The molecule has 0 atom stereocenters. The van der Waals surface area contributed by atoms with Crippen molar-refractivity contribution < 1.29 is 9.53 Å². The van der Waals surface area contributed by atoms with E-state index in [0.717, 1.165) is 18.5 Å². The van der Waals surface area contributed by atoms with Crippen LogP contribution >= 0.6 is 11.6 Å². The summed E-state index contributed by atoms with van der Waals surface area (Å²) in [6, 6.07) is 9.00. The molecule has 1 heterocycles. The molecule has 21 heavy (non-hydrogen) atoms. The molecular formula is C15H18ClN3O2. The van der Waals surface area contributed by atoms with E-state index in [1.54, 1.807) is 18.2 Å². The molecule has 112 valence electrons. The van der Waals surface area contributed by atoms with Gasteiger partial charge < -0.3 is 10.1 Å². The lowest BCUT2D eigenvalue weighted by atomic mass is 10.2. The Bertz CT molecular complexity index is 598. The van der Waals surface area contributed by atoms with E-state index >= 15 is 0 Å². The van der Waals surface area contributed by atoms with E-state index in [1.165, 1.54) is 0 Å². The summed E-state index contributed by atoms with van der Waals surface area (Å²) in [6.45, 7) is 2.81. The molecule has 0 aliphatic carbocycles. The highest BCUT2D eigenvalue weighted by atomic mass is 35.5. The Balaban J connectivity index is 1.75. The molecule has 2 rings (SSSR count). The number of carbonyl (C=O) groups is 1. The van der Waals surface area contributed by atoms with E-state index in [4.69, 9.17) is 16.3 Å². The van der Waals surface area contributed by atoms with Gasteiger partial charge in [-0.3, -0.25) is 9.89 Å². The molecule has 0 fully saturated rings. The molecule has 0 bridgehead atoms. The van der Waals surface area contributed by atoms with Crippen LogP contribution in [0.3, 0.4) is 0 Å². The lowest BCUT2D eigenvalue weighted by Crippen LogP contribution is -2.28. The molecule has 1 aromatic heterocycles. The van der Waals surface area contributed by atoms with Crippen LogP contribution in [0.25, 0.3) is 0 Å². The molecule has 5 nitrogen and oxygen atoms in total. The molecule has 0 aliphatic rings. The lowest BCUT2D eigenvalue weighted by Gasteiger charge is -2.08. The van der Waals surface area contributed by atoms with E-state index in [2.05, 4.69) is 22.4 Å². The van der Waals surface area contributed by atoms with E-state index in [0.29, 0.717) is 29.6 Å². The fraction of sp³-hybridized carbons (Fsp3) is 0.333. The molecule has 0 unspecified atom stereocenters. The van der Waals surface area contributed by atoms with Crippen molar-refractivity contribution in [1.82, 2.24) is 15.5 Å². The maximum atomic E-state index is 11.9. The summed E-state index contributed by atoms with van der Waals surface area (Å²) in [5.74, 6) is 0.398. The minimum atomic E-state index is -0.212. The molecule has 6 heteroatoms. The number of para-hydroxylation sites is 1. The highest BCUT2D eigenvalue weighted by Gasteiger charge is 2.09. The number of aromatic nitrogens is 2. The van der Waals surface area contributed by atoms with E-state index in [9.17, 15) is 4.79 Å². The zero-order valence-corrected chi connectivity index (χ0v) is 12.6. The number of aryl methyl sites for hydroxylation is 1. The number of H-pyrrole nitrogens is 1. The Hall–Kier alpha value is -2.01. The fourth-order valence-electron chi connectivity index (χ4n) is 1.85. The number of nitrogens with zero attached hydrogens (tertiary/aromatic N) is 1.